The predicted molar refractivity (Wildman–Crippen MR) is 168 cm³/mol. The van der Waals surface area contributed by atoms with Crippen molar-refractivity contribution in [2.45, 2.75) is 34.1 Å². The average molecular weight is 642 g/mol. The Morgan fingerprint density at radius 1 is 0.659 bits per heavy atom. The third-order valence-corrected chi connectivity index (χ3v) is 9.64. The van der Waals surface area contributed by atoms with E-state index in [1.54, 1.807) is 33.2 Å². The smallest absolute Gasteiger partial charge is 0.320 e. The fourth-order valence-electron chi connectivity index (χ4n) is 4.93. The van der Waals surface area contributed by atoms with Crippen LogP contribution in [-0.2, 0) is 44.1 Å². The van der Waals surface area contributed by atoms with Crippen LogP contribution in [0.4, 0.5) is 0 Å². The van der Waals surface area contributed by atoms with Gasteiger partial charge in [0.15, 0.2) is 0 Å². The first-order valence-electron chi connectivity index (χ1n) is 15.7. The summed E-state index contributed by atoms with van der Waals surface area (Å²) in [7, 11) is -3.05. The summed E-state index contributed by atoms with van der Waals surface area (Å²) in [4.78, 5) is 49.4. The Labute approximate surface area is 262 Å². The van der Waals surface area contributed by atoms with Crippen molar-refractivity contribution in [3.8, 4) is 0 Å². The number of hydrogen-bond donors (Lipinski definition) is 0. The Hall–Kier alpha value is -2.41. The highest BCUT2D eigenvalue weighted by molar-refractivity contribution is 7.58. The molecule has 0 spiro atoms. The SMILES string of the molecule is CCOC(=O)CN1CCN(CC(=O)OCC)CCN(CP(=O)(CCc2ccncc2)OCC)CCN(CC(=O)OCC)CC1. The largest absolute Gasteiger partial charge is 0.465 e. The maximum atomic E-state index is 14.1. The molecule has 0 saturated carbocycles. The molecule has 1 aromatic heterocycles. The molecule has 13 nitrogen and oxygen atoms in total. The zero-order valence-corrected chi connectivity index (χ0v) is 27.9. The first kappa shape index (κ1) is 37.8. The van der Waals surface area contributed by atoms with Crippen LogP contribution >= 0.6 is 7.37 Å². The molecule has 1 aromatic rings. The van der Waals surface area contributed by atoms with Crippen LogP contribution in [0.2, 0.25) is 0 Å². The van der Waals surface area contributed by atoms with Gasteiger partial charge in [0.25, 0.3) is 0 Å². The van der Waals surface area contributed by atoms with Crippen LogP contribution in [0, 0.1) is 0 Å². The zero-order valence-electron chi connectivity index (χ0n) is 27.0. The Kier molecular flexibility index (Phi) is 18.3. The number of carbonyl (C=O) groups is 3. The quantitative estimate of drug-likeness (QED) is 0.148. The summed E-state index contributed by atoms with van der Waals surface area (Å²) in [6.45, 7) is 12.8. The van der Waals surface area contributed by atoms with Gasteiger partial charge in [-0.05, 0) is 51.8 Å². The summed E-state index contributed by atoms with van der Waals surface area (Å²) in [6, 6.07) is 3.83. The minimum atomic E-state index is -3.05. The Morgan fingerprint density at radius 3 is 1.41 bits per heavy atom. The van der Waals surface area contributed by atoms with Gasteiger partial charge in [-0.3, -0.25) is 43.5 Å². The van der Waals surface area contributed by atoms with Gasteiger partial charge in [-0.2, -0.15) is 0 Å². The fourth-order valence-corrected chi connectivity index (χ4v) is 7.24. The molecule has 0 radical (unpaired) electrons. The average Bonchev–Trinajstić information content (AvgIpc) is 2.98. The van der Waals surface area contributed by atoms with E-state index in [2.05, 4.69) is 9.88 Å². The monoisotopic (exact) mass is 641 g/mol. The maximum absolute atomic E-state index is 14.1. The number of aromatic nitrogens is 1. The van der Waals surface area contributed by atoms with Crippen molar-refractivity contribution in [3.63, 3.8) is 0 Å². The number of hydrogen-bond acceptors (Lipinski definition) is 13. The molecule has 250 valence electrons. The molecule has 1 atom stereocenters. The van der Waals surface area contributed by atoms with Crippen LogP contribution in [0.1, 0.15) is 33.3 Å². The van der Waals surface area contributed by atoms with E-state index in [0.29, 0.717) is 91.4 Å². The van der Waals surface area contributed by atoms with Gasteiger partial charge < -0.3 is 18.7 Å². The van der Waals surface area contributed by atoms with Crippen molar-refractivity contribution in [2.75, 3.05) is 111 Å². The van der Waals surface area contributed by atoms with Crippen LogP contribution < -0.4 is 0 Å². The number of rotatable bonds is 16. The molecule has 44 heavy (non-hydrogen) atoms. The molecule has 2 heterocycles. The van der Waals surface area contributed by atoms with Crippen molar-refractivity contribution < 1.29 is 37.7 Å². The Morgan fingerprint density at radius 2 is 1.05 bits per heavy atom. The second-order valence-electron chi connectivity index (χ2n) is 10.6. The number of ether oxygens (including phenoxy) is 3. The number of carbonyl (C=O) groups excluding carboxylic acids is 3. The molecule has 1 aliphatic heterocycles. The van der Waals surface area contributed by atoms with E-state index in [0.717, 1.165) is 5.56 Å². The Bertz CT molecular complexity index is 998. The molecule has 1 fully saturated rings. The summed E-state index contributed by atoms with van der Waals surface area (Å²) < 4.78 is 35.7. The fraction of sp³-hybridized carbons (Fsp3) is 0.733. The number of pyridine rings is 1. The van der Waals surface area contributed by atoms with E-state index in [1.807, 2.05) is 33.8 Å². The standard InChI is InChI=1S/C30H52N5O8P/c1-5-40-28(36)23-32-14-16-33(24-29(37)41-6-2)18-20-35(21-19-34(17-15-32)25-30(38)42-7-3)26-44(39,43-8-4)22-11-27-9-12-31-13-10-27/h9-10,12-13H,5-8,11,14-26H2,1-4H3. The number of nitrogens with zero attached hydrogens (tertiary/aromatic N) is 5. The van der Waals surface area contributed by atoms with E-state index in [9.17, 15) is 18.9 Å². The second-order valence-corrected chi connectivity index (χ2v) is 13.2. The molecule has 14 heteroatoms. The van der Waals surface area contributed by atoms with Gasteiger partial charge in [-0.1, -0.05) is 0 Å². The lowest BCUT2D eigenvalue weighted by Crippen LogP contribution is -2.49. The van der Waals surface area contributed by atoms with Crippen molar-refractivity contribution in [3.05, 3.63) is 30.1 Å². The van der Waals surface area contributed by atoms with E-state index in [1.165, 1.54) is 0 Å². The van der Waals surface area contributed by atoms with Gasteiger partial charge in [0.1, 0.15) is 0 Å². The van der Waals surface area contributed by atoms with E-state index >= 15 is 0 Å². The lowest BCUT2D eigenvalue weighted by atomic mass is 10.2. The highest BCUT2D eigenvalue weighted by Gasteiger charge is 2.28. The van der Waals surface area contributed by atoms with Gasteiger partial charge in [-0.25, -0.2) is 0 Å². The summed E-state index contributed by atoms with van der Waals surface area (Å²) in [5.74, 6) is -0.958. The van der Waals surface area contributed by atoms with E-state index < -0.39 is 7.37 Å². The third kappa shape index (κ3) is 15.5. The van der Waals surface area contributed by atoms with E-state index in [-0.39, 0.29) is 43.8 Å². The minimum absolute atomic E-state index is 0.106. The molecule has 1 saturated heterocycles. The molecule has 0 N–H and O–H groups in total. The molecule has 0 aromatic carbocycles. The third-order valence-electron chi connectivity index (χ3n) is 7.17. The van der Waals surface area contributed by atoms with Crippen molar-refractivity contribution in [2.24, 2.45) is 0 Å². The van der Waals surface area contributed by atoms with E-state index in [4.69, 9.17) is 18.7 Å². The summed E-state index contributed by atoms with van der Waals surface area (Å²) >= 11 is 0. The molecular weight excluding hydrogens is 589 g/mol. The summed E-state index contributed by atoms with van der Waals surface area (Å²) in [5.41, 5.74) is 1.04. The molecule has 1 aliphatic rings. The molecule has 2 rings (SSSR count). The molecular formula is C30H52N5O8P. The molecule has 1 unspecified atom stereocenters. The van der Waals surface area contributed by atoms with Crippen LogP contribution in [0.25, 0.3) is 0 Å². The van der Waals surface area contributed by atoms with Crippen LogP contribution in [0.3, 0.4) is 0 Å². The normalized spacial score (nSPS) is 18.0. The summed E-state index contributed by atoms with van der Waals surface area (Å²) in [6.07, 6.45) is 4.70. The first-order chi connectivity index (χ1) is 21.2. The van der Waals surface area contributed by atoms with Crippen molar-refractivity contribution in [1.29, 1.82) is 0 Å². The van der Waals surface area contributed by atoms with Gasteiger partial charge in [0.2, 0.25) is 7.37 Å². The predicted octanol–water partition coefficient (Wildman–Crippen LogP) is 1.81. The summed E-state index contributed by atoms with van der Waals surface area (Å²) in [5, 5.41) is 0. The number of esters is 3. The van der Waals surface area contributed by atoms with Crippen LogP contribution in [-0.4, -0.2) is 153 Å². The van der Waals surface area contributed by atoms with Crippen LogP contribution in [0.5, 0.6) is 0 Å². The topological polar surface area (TPSA) is 131 Å². The highest BCUT2D eigenvalue weighted by Crippen LogP contribution is 2.47. The van der Waals surface area contributed by atoms with Gasteiger partial charge >= 0.3 is 17.9 Å². The lowest BCUT2D eigenvalue weighted by molar-refractivity contribution is -0.146. The molecule has 0 bridgehead atoms. The molecule has 0 amide bonds. The van der Waals surface area contributed by atoms with Crippen molar-refractivity contribution >= 4 is 25.3 Å². The highest BCUT2D eigenvalue weighted by atomic mass is 31.2. The molecule has 0 aliphatic carbocycles. The Balaban J connectivity index is 2.27. The maximum Gasteiger partial charge on any atom is 0.320 e. The first-order valence-corrected chi connectivity index (χ1v) is 17.7. The van der Waals surface area contributed by atoms with Crippen molar-refractivity contribution in [1.82, 2.24) is 24.6 Å². The van der Waals surface area contributed by atoms with Crippen LogP contribution in [0.15, 0.2) is 24.5 Å². The minimum Gasteiger partial charge on any atom is -0.465 e. The number of aryl methyl sites for hydroxylation is 1. The lowest BCUT2D eigenvalue weighted by Gasteiger charge is -2.34. The zero-order chi connectivity index (χ0) is 32.2. The van der Waals surface area contributed by atoms with Gasteiger partial charge in [0, 0.05) is 70.9 Å². The van der Waals surface area contributed by atoms with Gasteiger partial charge in [0.05, 0.1) is 52.3 Å². The second kappa shape index (κ2) is 21.3. The van der Waals surface area contributed by atoms with Gasteiger partial charge in [-0.15, -0.1) is 0 Å².